The molecule has 2 amide bonds. The SMILES string of the molecule is CC(C)CCNC(=O)[C@@H]1CS[C@@H](C2CCCCC2)N1C(=O)c1ccc(F)cc1. The second-order valence-electron chi connectivity index (χ2n) is 8.33. The molecular formula is C22H31FN2O2S. The van der Waals surface area contributed by atoms with Gasteiger partial charge in [0.15, 0.2) is 0 Å². The van der Waals surface area contributed by atoms with E-state index in [0.29, 0.717) is 29.7 Å². The molecule has 0 bridgehead atoms. The predicted octanol–water partition coefficient (Wildman–Crippen LogP) is 4.45. The van der Waals surface area contributed by atoms with Crippen LogP contribution in [-0.2, 0) is 4.79 Å². The zero-order valence-corrected chi connectivity index (χ0v) is 17.6. The van der Waals surface area contributed by atoms with E-state index in [1.807, 2.05) is 0 Å². The van der Waals surface area contributed by atoms with Gasteiger partial charge in [-0.15, -0.1) is 11.8 Å². The first kappa shape index (κ1) is 21.2. The summed E-state index contributed by atoms with van der Waals surface area (Å²) >= 11 is 1.73. The van der Waals surface area contributed by atoms with Crippen LogP contribution in [0.2, 0.25) is 0 Å². The number of nitrogens with zero attached hydrogens (tertiary/aromatic N) is 1. The Morgan fingerprint density at radius 3 is 2.50 bits per heavy atom. The molecule has 0 aromatic heterocycles. The molecule has 2 atom stereocenters. The number of carbonyl (C=O) groups is 2. The fraction of sp³-hybridized carbons (Fsp3) is 0.636. The number of rotatable bonds is 6. The van der Waals surface area contributed by atoms with Gasteiger partial charge in [0.2, 0.25) is 5.91 Å². The third-order valence-corrected chi connectivity index (χ3v) is 7.20. The summed E-state index contributed by atoms with van der Waals surface area (Å²) in [5.74, 6) is 0.981. The molecule has 1 N–H and O–H groups in total. The molecule has 1 aromatic rings. The maximum atomic E-state index is 13.3. The van der Waals surface area contributed by atoms with E-state index >= 15 is 0 Å². The van der Waals surface area contributed by atoms with Crippen molar-refractivity contribution in [1.82, 2.24) is 10.2 Å². The van der Waals surface area contributed by atoms with Gasteiger partial charge in [-0.25, -0.2) is 4.39 Å². The van der Waals surface area contributed by atoms with Crippen molar-refractivity contribution in [2.45, 2.75) is 63.8 Å². The molecule has 6 heteroatoms. The Kier molecular flexibility index (Phi) is 7.38. The van der Waals surface area contributed by atoms with Crippen LogP contribution in [-0.4, -0.2) is 40.4 Å². The zero-order valence-electron chi connectivity index (χ0n) is 16.8. The monoisotopic (exact) mass is 406 g/mol. The fourth-order valence-electron chi connectivity index (χ4n) is 4.11. The Bertz CT molecular complexity index is 674. The topological polar surface area (TPSA) is 49.4 Å². The van der Waals surface area contributed by atoms with Crippen molar-refractivity contribution in [3.05, 3.63) is 35.6 Å². The summed E-state index contributed by atoms with van der Waals surface area (Å²) in [6.45, 7) is 4.88. The van der Waals surface area contributed by atoms with Crippen LogP contribution >= 0.6 is 11.8 Å². The number of hydrogen-bond donors (Lipinski definition) is 1. The van der Waals surface area contributed by atoms with Crippen LogP contribution in [0, 0.1) is 17.7 Å². The van der Waals surface area contributed by atoms with E-state index in [4.69, 9.17) is 0 Å². The van der Waals surface area contributed by atoms with Gasteiger partial charge in [-0.2, -0.15) is 0 Å². The highest BCUT2D eigenvalue weighted by atomic mass is 32.2. The molecule has 1 saturated heterocycles. The van der Waals surface area contributed by atoms with E-state index in [0.717, 1.165) is 19.3 Å². The van der Waals surface area contributed by atoms with Gasteiger partial charge in [0.05, 0.1) is 5.37 Å². The van der Waals surface area contributed by atoms with E-state index in [9.17, 15) is 14.0 Å². The zero-order chi connectivity index (χ0) is 20.1. The summed E-state index contributed by atoms with van der Waals surface area (Å²) in [5, 5.41) is 3.05. The first-order chi connectivity index (χ1) is 13.5. The van der Waals surface area contributed by atoms with Gasteiger partial charge in [0.25, 0.3) is 5.91 Å². The maximum Gasteiger partial charge on any atom is 0.255 e. The van der Waals surface area contributed by atoms with Gasteiger partial charge < -0.3 is 10.2 Å². The normalized spacial score (nSPS) is 23.2. The minimum absolute atomic E-state index is 0.0266. The molecule has 0 spiro atoms. The van der Waals surface area contributed by atoms with Crippen molar-refractivity contribution in [2.75, 3.05) is 12.3 Å². The molecule has 2 aliphatic rings. The molecule has 3 rings (SSSR count). The number of hydrogen-bond acceptors (Lipinski definition) is 3. The van der Waals surface area contributed by atoms with Crippen molar-refractivity contribution in [3.63, 3.8) is 0 Å². The smallest absolute Gasteiger partial charge is 0.255 e. The van der Waals surface area contributed by atoms with Gasteiger partial charge in [-0.1, -0.05) is 33.1 Å². The summed E-state index contributed by atoms with van der Waals surface area (Å²) in [6, 6.07) is 5.20. The van der Waals surface area contributed by atoms with E-state index in [-0.39, 0.29) is 23.0 Å². The standard InChI is InChI=1S/C22H31FN2O2S/c1-15(2)12-13-24-20(26)19-14-28-22(17-6-4-3-5-7-17)25(19)21(27)16-8-10-18(23)11-9-16/h8-11,15,17,19,22H,3-7,12-14H2,1-2H3,(H,24,26)/t19-,22-/m0/s1. The number of amides is 2. The predicted molar refractivity (Wildman–Crippen MR) is 112 cm³/mol. The Morgan fingerprint density at radius 1 is 1.18 bits per heavy atom. The summed E-state index contributed by atoms with van der Waals surface area (Å²) in [7, 11) is 0. The van der Waals surface area contributed by atoms with Crippen LogP contribution < -0.4 is 5.32 Å². The van der Waals surface area contributed by atoms with Crippen molar-refractivity contribution in [2.24, 2.45) is 11.8 Å². The summed E-state index contributed by atoms with van der Waals surface area (Å²) in [6.07, 6.45) is 6.75. The summed E-state index contributed by atoms with van der Waals surface area (Å²) in [5.41, 5.74) is 0.449. The van der Waals surface area contributed by atoms with Crippen LogP contribution in [0.4, 0.5) is 4.39 Å². The molecule has 28 heavy (non-hydrogen) atoms. The average Bonchev–Trinajstić information content (AvgIpc) is 3.13. The van der Waals surface area contributed by atoms with Crippen LogP contribution in [0.3, 0.4) is 0 Å². The lowest BCUT2D eigenvalue weighted by Crippen LogP contribution is -2.51. The molecule has 1 aromatic carbocycles. The lowest BCUT2D eigenvalue weighted by atomic mass is 9.88. The molecule has 4 nitrogen and oxygen atoms in total. The van der Waals surface area contributed by atoms with E-state index in [1.165, 1.54) is 43.5 Å². The first-order valence-electron chi connectivity index (χ1n) is 10.4. The van der Waals surface area contributed by atoms with Gasteiger partial charge in [-0.05, 0) is 55.4 Å². The van der Waals surface area contributed by atoms with Crippen molar-refractivity contribution >= 4 is 23.6 Å². The number of nitrogens with one attached hydrogen (secondary N) is 1. The number of thioether (sulfide) groups is 1. The highest BCUT2D eigenvalue weighted by Gasteiger charge is 2.45. The molecule has 154 valence electrons. The molecular weight excluding hydrogens is 375 g/mol. The average molecular weight is 407 g/mol. The van der Waals surface area contributed by atoms with Crippen LogP contribution in [0.25, 0.3) is 0 Å². The quantitative estimate of drug-likeness (QED) is 0.759. The van der Waals surface area contributed by atoms with Gasteiger partial charge in [0.1, 0.15) is 11.9 Å². The van der Waals surface area contributed by atoms with Crippen molar-refractivity contribution in [3.8, 4) is 0 Å². The molecule has 0 unspecified atom stereocenters. The molecule has 0 radical (unpaired) electrons. The Balaban J connectivity index is 1.78. The summed E-state index contributed by atoms with van der Waals surface area (Å²) in [4.78, 5) is 28.0. The van der Waals surface area contributed by atoms with E-state index in [2.05, 4.69) is 19.2 Å². The number of benzene rings is 1. The maximum absolute atomic E-state index is 13.3. The minimum Gasteiger partial charge on any atom is -0.354 e. The lowest BCUT2D eigenvalue weighted by molar-refractivity contribution is -0.125. The third kappa shape index (κ3) is 5.07. The van der Waals surface area contributed by atoms with Crippen molar-refractivity contribution < 1.29 is 14.0 Å². The Morgan fingerprint density at radius 2 is 1.86 bits per heavy atom. The van der Waals surface area contributed by atoms with E-state index in [1.54, 1.807) is 16.7 Å². The highest BCUT2D eigenvalue weighted by Crippen LogP contribution is 2.41. The molecule has 1 aliphatic heterocycles. The van der Waals surface area contributed by atoms with Crippen LogP contribution in [0.15, 0.2) is 24.3 Å². The second-order valence-corrected chi connectivity index (χ2v) is 9.48. The minimum atomic E-state index is -0.457. The number of halogens is 1. The first-order valence-corrected chi connectivity index (χ1v) is 11.5. The number of carbonyl (C=O) groups excluding carboxylic acids is 2. The molecule has 1 heterocycles. The third-order valence-electron chi connectivity index (χ3n) is 5.74. The Hall–Kier alpha value is -1.56. The molecule has 2 fully saturated rings. The fourth-order valence-corrected chi connectivity index (χ4v) is 5.75. The highest BCUT2D eigenvalue weighted by molar-refractivity contribution is 8.00. The summed E-state index contributed by atoms with van der Waals surface area (Å²) < 4.78 is 13.3. The van der Waals surface area contributed by atoms with Gasteiger partial charge >= 0.3 is 0 Å². The molecule has 1 saturated carbocycles. The van der Waals surface area contributed by atoms with E-state index < -0.39 is 6.04 Å². The largest absolute Gasteiger partial charge is 0.354 e. The van der Waals surface area contributed by atoms with Gasteiger partial charge in [0, 0.05) is 17.9 Å². The lowest BCUT2D eigenvalue weighted by Gasteiger charge is -2.35. The van der Waals surface area contributed by atoms with Crippen LogP contribution in [0.5, 0.6) is 0 Å². The molecule has 1 aliphatic carbocycles. The Labute approximate surface area is 171 Å². The van der Waals surface area contributed by atoms with Crippen molar-refractivity contribution in [1.29, 1.82) is 0 Å². The van der Waals surface area contributed by atoms with Gasteiger partial charge in [-0.3, -0.25) is 9.59 Å². The van der Waals surface area contributed by atoms with Crippen LogP contribution in [0.1, 0.15) is 62.7 Å². The second kappa shape index (κ2) is 9.77.